The van der Waals surface area contributed by atoms with E-state index in [1.807, 2.05) is 27.7 Å². The maximum atomic E-state index is 12.6. The van der Waals surface area contributed by atoms with E-state index in [9.17, 15) is 24.3 Å². The molecule has 6 N–H and O–H groups in total. The minimum atomic E-state index is -1.12. The van der Waals surface area contributed by atoms with Crippen LogP contribution in [0.15, 0.2) is 0 Å². The lowest BCUT2D eigenvalue weighted by Crippen LogP contribution is -2.56. The van der Waals surface area contributed by atoms with Gasteiger partial charge in [0, 0.05) is 0 Å². The Kier molecular flexibility index (Phi) is 10.6. The van der Waals surface area contributed by atoms with Crippen molar-refractivity contribution in [3.63, 3.8) is 0 Å². The molecule has 156 valence electrons. The summed E-state index contributed by atoms with van der Waals surface area (Å²) in [6.07, 6.45) is 0.615. The fourth-order valence-corrected chi connectivity index (χ4v) is 2.38. The predicted molar refractivity (Wildman–Crippen MR) is 102 cm³/mol. The van der Waals surface area contributed by atoms with Crippen LogP contribution < -0.4 is 21.7 Å². The first-order valence-electron chi connectivity index (χ1n) is 9.24. The second kappa shape index (κ2) is 11.5. The maximum Gasteiger partial charge on any atom is 0.326 e. The molecule has 0 aromatic heterocycles. The van der Waals surface area contributed by atoms with Gasteiger partial charge >= 0.3 is 5.97 Å². The highest BCUT2D eigenvalue weighted by atomic mass is 16.4. The Hall–Kier alpha value is -2.16. The van der Waals surface area contributed by atoms with E-state index in [0.717, 1.165) is 0 Å². The molecule has 9 nitrogen and oxygen atoms in total. The molecule has 0 aliphatic heterocycles. The number of carboxylic acid groups (broad SMARTS) is 1. The fraction of sp³-hybridized carbons (Fsp3) is 0.778. The van der Waals surface area contributed by atoms with Crippen LogP contribution in [0.25, 0.3) is 0 Å². The molecule has 4 atom stereocenters. The molecular weight excluding hydrogens is 352 g/mol. The predicted octanol–water partition coefficient (Wildman–Crippen LogP) is -0.0153. The molecule has 0 aliphatic rings. The molecule has 9 heteroatoms. The zero-order chi connectivity index (χ0) is 21.3. The minimum Gasteiger partial charge on any atom is -0.480 e. The van der Waals surface area contributed by atoms with E-state index in [4.69, 9.17) is 5.73 Å². The summed E-state index contributed by atoms with van der Waals surface area (Å²) in [5.41, 5.74) is 5.46. The van der Waals surface area contributed by atoms with Crippen LogP contribution in [0.5, 0.6) is 0 Å². The van der Waals surface area contributed by atoms with Crippen LogP contribution in [0.3, 0.4) is 0 Å². The monoisotopic (exact) mass is 386 g/mol. The SMILES string of the molecule is CC(C)CC(NC(=O)C(CC(C)C)NC(=O)C(C)NC(=O)C(C)N)C(=O)O. The molecule has 0 bridgehead atoms. The largest absolute Gasteiger partial charge is 0.480 e. The van der Waals surface area contributed by atoms with Crippen LogP contribution in [0.2, 0.25) is 0 Å². The summed E-state index contributed by atoms with van der Waals surface area (Å²) in [6, 6.07) is -3.57. The lowest BCUT2D eigenvalue weighted by molar-refractivity contribution is -0.143. The van der Waals surface area contributed by atoms with Gasteiger partial charge < -0.3 is 26.8 Å². The number of rotatable bonds is 11. The molecule has 0 heterocycles. The Bertz CT molecular complexity index is 534. The molecule has 0 aromatic rings. The maximum absolute atomic E-state index is 12.6. The summed E-state index contributed by atoms with van der Waals surface area (Å²) in [4.78, 5) is 47.9. The van der Waals surface area contributed by atoms with Gasteiger partial charge in [-0.05, 0) is 38.5 Å². The van der Waals surface area contributed by atoms with Crippen LogP contribution in [0.4, 0.5) is 0 Å². The van der Waals surface area contributed by atoms with Gasteiger partial charge in [-0.3, -0.25) is 14.4 Å². The van der Waals surface area contributed by atoms with Crippen molar-refractivity contribution < 1.29 is 24.3 Å². The average molecular weight is 386 g/mol. The van der Waals surface area contributed by atoms with Gasteiger partial charge in [0.2, 0.25) is 17.7 Å². The van der Waals surface area contributed by atoms with Gasteiger partial charge in [-0.15, -0.1) is 0 Å². The molecule has 27 heavy (non-hydrogen) atoms. The van der Waals surface area contributed by atoms with Crippen LogP contribution in [0.1, 0.15) is 54.4 Å². The van der Waals surface area contributed by atoms with Crippen LogP contribution in [-0.2, 0) is 19.2 Å². The zero-order valence-corrected chi connectivity index (χ0v) is 17.0. The fourth-order valence-electron chi connectivity index (χ4n) is 2.38. The van der Waals surface area contributed by atoms with Crippen molar-refractivity contribution in [2.24, 2.45) is 17.6 Å². The summed E-state index contributed by atoms with van der Waals surface area (Å²) >= 11 is 0. The van der Waals surface area contributed by atoms with E-state index in [1.165, 1.54) is 13.8 Å². The summed E-state index contributed by atoms with van der Waals surface area (Å²) in [6.45, 7) is 10.5. The quantitative estimate of drug-likeness (QED) is 0.337. The normalized spacial score (nSPS) is 15.6. The van der Waals surface area contributed by atoms with E-state index in [0.29, 0.717) is 6.42 Å². The van der Waals surface area contributed by atoms with Crippen LogP contribution in [0, 0.1) is 11.8 Å². The number of hydrogen-bond acceptors (Lipinski definition) is 5. The topological polar surface area (TPSA) is 151 Å². The number of carboxylic acids is 1. The average Bonchev–Trinajstić information content (AvgIpc) is 2.51. The molecule has 0 saturated heterocycles. The Morgan fingerprint density at radius 1 is 0.741 bits per heavy atom. The zero-order valence-electron chi connectivity index (χ0n) is 17.0. The summed E-state index contributed by atoms with van der Waals surface area (Å²) in [5.74, 6) is -2.53. The Balaban J connectivity index is 5.09. The van der Waals surface area contributed by atoms with Crippen molar-refractivity contribution in [2.75, 3.05) is 0 Å². The first-order valence-corrected chi connectivity index (χ1v) is 9.24. The van der Waals surface area contributed by atoms with Gasteiger partial charge in [0.05, 0.1) is 6.04 Å². The summed E-state index contributed by atoms with van der Waals surface area (Å²) in [7, 11) is 0. The number of carbonyl (C=O) groups excluding carboxylic acids is 3. The van der Waals surface area contributed by atoms with E-state index < -0.39 is 47.9 Å². The van der Waals surface area contributed by atoms with Gasteiger partial charge in [0.15, 0.2) is 0 Å². The second-order valence-corrected chi connectivity index (χ2v) is 7.74. The van der Waals surface area contributed by atoms with Crippen LogP contribution >= 0.6 is 0 Å². The molecular formula is C18H34N4O5. The molecule has 0 saturated carbocycles. The Labute approximate surface area is 160 Å². The highest BCUT2D eigenvalue weighted by Gasteiger charge is 2.29. The van der Waals surface area contributed by atoms with Crippen molar-refractivity contribution in [1.82, 2.24) is 16.0 Å². The third kappa shape index (κ3) is 9.93. The molecule has 0 aromatic carbocycles. The standard InChI is InChI=1S/C18H34N4O5/c1-9(2)7-13(17(25)22-14(18(26)27)8-10(3)4)21-16(24)12(6)20-15(23)11(5)19/h9-14H,7-8,19H2,1-6H3,(H,20,23)(H,21,24)(H,22,25)(H,26,27). The van der Waals surface area contributed by atoms with Crippen molar-refractivity contribution in [1.29, 1.82) is 0 Å². The van der Waals surface area contributed by atoms with E-state index in [-0.39, 0.29) is 18.3 Å². The van der Waals surface area contributed by atoms with Crippen LogP contribution in [-0.4, -0.2) is 53.0 Å². The molecule has 0 radical (unpaired) electrons. The molecule has 0 fully saturated rings. The van der Waals surface area contributed by atoms with Crippen molar-refractivity contribution >= 4 is 23.7 Å². The lowest BCUT2D eigenvalue weighted by atomic mass is 10.0. The van der Waals surface area contributed by atoms with Gasteiger partial charge in [0.25, 0.3) is 0 Å². The molecule has 0 rings (SSSR count). The van der Waals surface area contributed by atoms with Crippen molar-refractivity contribution in [3.8, 4) is 0 Å². The van der Waals surface area contributed by atoms with E-state index in [1.54, 1.807) is 0 Å². The third-order valence-corrected chi connectivity index (χ3v) is 3.83. The number of amides is 3. The molecule has 0 spiro atoms. The van der Waals surface area contributed by atoms with Crippen molar-refractivity contribution in [2.45, 2.75) is 78.6 Å². The highest BCUT2D eigenvalue weighted by molar-refractivity contribution is 5.93. The number of nitrogens with two attached hydrogens (primary N) is 1. The van der Waals surface area contributed by atoms with Crippen molar-refractivity contribution in [3.05, 3.63) is 0 Å². The summed E-state index contributed by atoms with van der Waals surface area (Å²) < 4.78 is 0. The van der Waals surface area contributed by atoms with E-state index in [2.05, 4.69) is 16.0 Å². The number of nitrogens with one attached hydrogen (secondary N) is 3. The second-order valence-electron chi connectivity index (χ2n) is 7.74. The smallest absolute Gasteiger partial charge is 0.326 e. The minimum absolute atomic E-state index is 0.0815. The van der Waals surface area contributed by atoms with Gasteiger partial charge in [-0.1, -0.05) is 27.7 Å². The first kappa shape index (κ1) is 24.8. The molecule has 0 aliphatic carbocycles. The van der Waals surface area contributed by atoms with E-state index >= 15 is 0 Å². The Morgan fingerprint density at radius 2 is 1.19 bits per heavy atom. The molecule has 3 amide bonds. The number of hydrogen-bond donors (Lipinski definition) is 5. The summed E-state index contributed by atoms with van der Waals surface area (Å²) in [5, 5.41) is 16.8. The Morgan fingerprint density at radius 3 is 1.59 bits per heavy atom. The lowest BCUT2D eigenvalue weighted by Gasteiger charge is -2.25. The third-order valence-electron chi connectivity index (χ3n) is 3.83. The van der Waals surface area contributed by atoms with Gasteiger partial charge in [-0.2, -0.15) is 0 Å². The van der Waals surface area contributed by atoms with Gasteiger partial charge in [-0.25, -0.2) is 4.79 Å². The van der Waals surface area contributed by atoms with Gasteiger partial charge in [0.1, 0.15) is 18.1 Å². The molecule has 4 unspecified atom stereocenters. The number of aliphatic carboxylic acids is 1. The number of carbonyl (C=O) groups is 4. The first-order chi connectivity index (χ1) is 12.3. The highest BCUT2D eigenvalue weighted by Crippen LogP contribution is 2.09.